The quantitative estimate of drug-likeness (QED) is 0.908. The van der Waals surface area contributed by atoms with Gasteiger partial charge in [0, 0.05) is 26.2 Å². The molecule has 0 aromatic heterocycles. The molecule has 1 N–H and O–H groups in total. The normalized spacial score (nSPS) is 42.3. The van der Waals surface area contributed by atoms with Crippen LogP contribution in [0.3, 0.4) is 0 Å². The third-order valence-corrected chi connectivity index (χ3v) is 8.16. The van der Waals surface area contributed by atoms with Crippen molar-refractivity contribution >= 4 is 5.91 Å². The summed E-state index contributed by atoms with van der Waals surface area (Å²) in [6.45, 7) is 6.33. The second-order valence-corrected chi connectivity index (χ2v) is 9.85. The Morgan fingerprint density at radius 3 is 2.50 bits per heavy atom. The van der Waals surface area contributed by atoms with Gasteiger partial charge < -0.3 is 4.90 Å². The summed E-state index contributed by atoms with van der Waals surface area (Å²) in [4.78, 5) is 15.9. The van der Waals surface area contributed by atoms with Crippen LogP contribution in [0.15, 0.2) is 30.3 Å². The molecule has 4 bridgehead atoms. The van der Waals surface area contributed by atoms with E-state index in [4.69, 9.17) is 0 Å². The molecule has 0 radical (unpaired) electrons. The van der Waals surface area contributed by atoms with Gasteiger partial charge in [0.1, 0.15) is 0 Å². The van der Waals surface area contributed by atoms with Gasteiger partial charge in [0.15, 0.2) is 0 Å². The minimum absolute atomic E-state index is 0.155. The first-order chi connectivity index (χ1) is 12.4. The van der Waals surface area contributed by atoms with Crippen LogP contribution >= 0.6 is 0 Å². The van der Waals surface area contributed by atoms with E-state index in [2.05, 4.69) is 59.6 Å². The molecule has 1 heterocycles. The van der Waals surface area contributed by atoms with Crippen molar-refractivity contribution in [3.63, 3.8) is 0 Å². The van der Waals surface area contributed by atoms with E-state index in [-0.39, 0.29) is 16.2 Å². The topological polar surface area (TPSA) is 35.6 Å². The summed E-state index contributed by atoms with van der Waals surface area (Å²) in [5.41, 5.74) is 5.01. The molecule has 4 unspecified atom stereocenters. The number of amides is 1. The highest BCUT2D eigenvalue weighted by Crippen LogP contribution is 2.76. The van der Waals surface area contributed by atoms with E-state index in [1.807, 2.05) is 0 Å². The Bertz CT molecular complexity index is 713. The molecular weight excluding hydrogens is 322 g/mol. The molecule has 1 saturated heterocycles. The van der Waals surface area contributed by atoms with Crippen molar-refractivity contribution in [3.8, 4) is 0 Å². The fraction of sp³-hybridized carbons (Fsp3) is 0.682. The molecule has 4 nitrogen and oxygen atoms in total. The van der Waals surface area contributed by atoms with Crippen molar-refractivity contribution in [1.82, 2.24) is 15.3 Å². The van der Waals surface area contributed by atoms with Crippen LogP contribution in [-0.4, -0.2) is 49.0 Å². The third kappa shape index (κ3) is 2.24. The zero-order valence-electron chi connectivity index (χ0n) is 16.1. The maximum atomic E-state index is 13.6. The van der Waals surface area contributed by atoms with Gasteiger partial charge in [-0.3, -0.25) is 10.2 Å². The summed E-state index contributed by atoms with van der Waals surface area (Å²) in [6, 6.07) is 11.0. The largest absolute Gasteiger partial charge is 0.304 e. The molecular formula is C22H31N3O. The predicted octanol–water partition coefficient (Wildman–Crippen LogP) is 2.80. The van der Waals surface area contributed by atoms with Gasteiger partial charge in [-0.05, 0) is 61.5 Å². The SMILES string of the molecule is CN1CCN(NC(=O)C23CC4CC(c5ccccc5)(CC2(C)C4)C3)CC1. The molecule has 1 amide bonds. The summed E-state index contributed by atoms with van der Waals surface area (Å²) in [5.74, 6) is 1.02. The summed E-state index contributed by atoms with van der Waals surface area (Å²) in [7, 11) is 2.15. The molecule has 4 saturated carbocycles. The maximum Gasteiger partial charge on any atom is 0.241 e. The number of carbonyl (C=O) groups excluding carboxylic acids is 1. The molecule has 5 aliphatic rings. The first-order valence-electron chi connectivity index (χ1n) is 10.3. The van der Waals surface area contributed by atoms with Crippen LogP contribution in [0.1, 0.15) is 44.6 Å². The van der Waals surface area contributed by atoms with Gasteiger partial charge in [0.05, 0.1) is 5.41 Å². The summed E-state index contributed by atoms with van der Waals surface area (Å²) in [6.07, 6.45) is 5.82. The predicted molar refractivity (Wildman–Crippen MR) is 102 cm³/mol. The fourth-order valence-electron chi connectivity index (χ4n) is 7.13. The molecule has 1 aromatic rings. The Hall–Kier alpha value is -1.39. The highest BCUT2D eigenvalue weighted by molar-refractivity contribution is 5.85. The van der Waals surface area contributed by atoms with Gasteiger partial charge in [-0.15, -0.1) is 0 Å². The molecule has 140 valence electrons. The highest BCUT2D eigenvalue weighted by Gasteiger charge is 2.72. The molecule has 4 aliphatic carbocycles. The lowest BCUT2D eigenvalue weighted by Gasteiger charge is -2.41. The molecule has 4 heteroatoms. The maximum absolute atomic E-state index is 13.6. The zero-order chi connectivity index (χ0) is 18.0. The Morgan fingerprint density at radius 1 is 1.04 bits per heavy atom. The van der Waals surface area contributed by atoms with Crippen LogP contribution in [-0.2, 0) is 10.2 Å². The monoisotopic (exact) mass is 353 g/mol. The van der Waals surface area contributed by atoms with Crippen LogP contribution in [0, 0.1) is 16.7 Å². The number of carbonyl (C=O) groups is 1. The fourth-order valence-corrected chi connectivity index (χ4v) is 7.13. The molecule has 5 fully saturated rings. The van der Waals surface area contributed by atoms with Crippen molar-refractivity contribution in [3.05, 3.63) is 35.9 Å². The molecule has 1 aromatic carbocycles. The van der Waals surface area contributed by atoms with Gasteiger partial charge in [-0.25, -0.2) is 5.01 Å². The first kappa shape index (κ1) is 16.8. The van der Waals surface area contributed by atoms with Gasteiger partial charge in [0.25, 0.3) is 0 Å². The van der Waals surface area contributed by atoms with E-state index in [0.29, 0.717) is 11.8 Å². The number of hydrazine groups is 1. The summed E-state index contributed by atoms with van der Waals surface area (Å²) < 4.78 is 0. The number of benzene rings is 1. The molecule has 6 rings (SSSR count). The lowest BCUT2D eigenvalue weighted by molar-refractivity contribution is -0.141. The van der Waals surface area contributed by atoms with E-state index < -0.39 is 0 Å². The zero-order valence-corrected chi connectivity index (χ0v) is 16.1. The average Bonchev–Trinajstić information content (AvgIpc) is 2.95. The van der Waals surface area contributed by atoms with E-state index in [1.165, 1.54) is 24.8 Å². The van der Waals surface area contributed by atoms with Crippen molar-refractivity contribution in [2.24, 2.45) is 16.7 Å². The number of hydrogen-bond acceptors (Lipinski definition) is 3. The van der Waals surface area contributed by atoms with Gasteiger partial charge in [-0.2, -0.15) is 0 Å². The van der Waals surface area contributed by atoms with Gasteiger partial charge in [0.2, 0.25) is 5.91 Å². The number of piperazine rings is 1. The first-order valence-corrected chi connectivity index (χ1v) is 10.3. The minimum atomic E-state index is -0.172. The van der Waals surface area contributed by atoms with Crippen molar-refractivity contribution in [1.29, 1.82) is 0 Å². The Labute approximate surface area is 156 Å². The number of likely N-dealkylation sites (N-methyl/N-ethyl adjacent to an activating group) is 1. The van der Waals surface area contributed by atoms with Crippen LogP contribution in [0.5, 0.6) is 0 Å². The molecule has 0 spiro atoms. The van der Waals surface area contributed by atoms with Crippen LogP contribution < -0.4 is 5.43 Å². The standard InChI is InChI=1S/C22H31N3O/c1-20-12-17-13-21(15-20,18-6-4-3-5-7-18)16-22(20,14-17)19(26)23-25-10-8-24(2)9-11-25/h3-7,17H,8-16H2,1-2H3,(H,23,26). The number of nitrogens with one attached hydrogen (secondary N) is 1. The second-order valence-electron chi connectivity index (χ2n) is 9.85. The van der Waals surface area contributed by atoms with Crippen molar-refractivity contribution < 1.29 is 4.79 Å². The van der Waals surface area contributed by atoms with E-state index in [9.17, 15) is 4.79 Å². The van der Waals surface area contributed by atoms with Crippen molar-refractivity contribution in [2.75, 3.05) is 33.2 Å². The number of nitrogens with zero attached hydrogens (tertiary/aromatic N) is 2. The lowest BCUT2D eigenvalue weighted by atomic mass is 9.63. The molecule has 26 heavy (non-hydrogen) atoms. The Morgan fingerprint density at radius 2 is 1.77 bits per heavy atom. The number of hydrogen-bond donors (Lipinski definition) is 1. The molecule has 4 atom stereocenters. The number of rotatable bonds is 3. The van der Waals surface area contributed by atoms with E-state index in [0.717, 1.165) is 39.0 Å². The average molecular weight is 354 g/mol. The smallest absolute Gasteiger partial charge is 0.241 e. The highest BCUT2D eigenvalue weighted by atomic mass is 16.2. The van der Waals surface area contributed by atoms with Gasteiger partial charge in [-0.1, -0.05) is 37.3 Å². The molecule has 1 aliphatic heterocycles. The Balaban J connectivity index is 1.43. The lowest BCUT2D eigenvalue weighted by Crippen LogP contribution is -2.57. The van der Waals surface area contributed by atoms with Crippen LogP contribution in [0.25, 0.3) is 0 Å². The minimum Gasteiger partial charge on any atom is -0.304 e. The summed E-state index contributed by atoms with van der Waals surface area (Å²) >= 11 is 0. The van der Waals surface area contributed by atoms with Crippen LogP contribution in [0.4, 0.5) is 0 Å². The van der Waals surface area contributed by atoms with Crippen LogP contribution in [0.2, 0.25) is 0 Å². The van der Waals surface area contributed by atoms with Crippen molar-refractivity contribution in [2.45, 2.75) is 44.4 Å². The van der Waals surface area contributed by atoms with Gasteiger partial charge >= 0.3 is 0 Å². The summed E-state index contributed by atoms with van der Waals surface area (Å²) in [5, 5.41) is 2.16. The van der Waals surface area contributed by atoms with E-state index >= 15 is 0 Å². The third-order valence-electron chi connectivity index (χ3n) is 8.16. The second kappa shape index (κ2) is 5.56. The van der Waals surface area contributed by atoms with E-state index in [1.54, 1.807) is 0 Å². The Kier molecular flexibility index (Phi) is 3.58.